The molecular weight excluding hydrogens is 332 g/mol. The van der Waals surface area contributed by atoms with Crippen molar-refractivity contribution in [3.05, 3.63) is 35.4 Å². The maximum Gasteiger partial charge on any atom is 0.306 e. The number of carboxylic acid groups (broad SMARTS) is 1. The molecule has 0 saturated carbocycles. The van der Waals surface area contributed by atoms with E-state index >= 15 is 0 Å². The molecule has 1 aliphatic heterocycles. The van der Waals surface area contributed by atoms with E-state index in [4.69, 9.17) is 5.11 Å². The second kappa shape index (κ2) is 9.36. The SMILES string of the molecule is CCc1ccc(CCC(=O)N(C)CC(=O)N2CCC(C(=O)O)CC2)cc1. The van der Waals surface area contributed by atoms with Crippen LogP contribution in [0.1, 0.15) is 37.3 Å². The lowest BCUT2D eigenvalue weighted by Gasteiger charge is -2.31. The van der Waals surface area contributed by atoms with E-state index in [-0.39, 0.29) is 24.3 Å². The van der Waals surface area contributed by atoms with Gasteiger partial charge in [0.25, 0.3) is 0 Å². The lowest BCUT2D eigenvalue weighted by Crippen LogP contribution is -2.45. The van der Waals surface area contributed by atoms with Gasteiger partial charge >= 0.3 is 5.97 Å². The molecule has 0 radical (unpaired) electrons. The minimum absolute atomic E-state index is 0.0470. The van der Waals surface area contributed by atoms with Crippen LogP contribution in [0.4, 0.5) is 0 Å². The van der Waals surface area contributed by atoms with Crippen molar-refractivity contribution in [2.45, 2.75) is 39.0 Å². The summed E-state index contributed by atoms with van der Waals surface area (Å²) in [7, 11) is 1.64. The number of hydrogen-bond acceptors (Lipinski definition) is 3. The molecule has 1 heterocycles. The Bertz CT molecular complexity index is 634. The first-order chi connectivity index (χ1) is 12.4. The zero-order valence-corrected chi connectivity index (χ0v) is 15.6. The Labute approximate surface area is 154 Å². The first-order valence-electron chi connectivity index (χ1n) is 9.23. The van der Waals surface area contributed by atoms with Crippen LogP contribution in [0.5, 0.6) is 0 Å². The summed E-state index contributed by atoms with van der Waals surface area (Å²) in [5, 5.41) is 9.01. The van der Waals surface area contributed by atoms with Crippen LogP contribution in [0.25, 0.3) is 0 Å². The summed E-state index contributed by atoms with van der Waals surface area (Å²) in [5.41, 5.74) is 2.39. The lowest BCUT2D eigenvalue weighted by atomic mass is 9.97. The Balaban J connectivity index is 1.75. The average Bonchev–Trinajstić information content (AvgIpc) is 2.66. The third-order valence-electron chi connectivity index (χ3n) is 5.05. The van der Waals surface area contributed by atoms with Crippen molar-refractivity contribution in [2.24, 2.45) is 5.92 Å². The van der Waals surface area contributed by atoms with Crippen LogP contribution in [0.3, 0.4) is 0 Å². The van der Waals surface area contributed by atoms with Crippen molar-refractivity contribution in [3.63, 3.8) is 0 Å². The zero-order valence-electron chi connectivity index (χ0n) is 15.6. The van der Waals surface area contributed by atoms with Crippen molar-refractivity contribution in [1.82, 2.24) is 9.80 Å². The Morgan fingerprint density at radius 2 is 1.69 bits per heavy atom. The molecule has 0 bridgehead atoms. The largest absolute Gasteiger partial charge is 0.481 e. The Morgan fingerprint density at radius 3 is 2.23 bits per heavy atom. The van der Waals surface area contributed by atoms with E-state index in [1.165, 1.54) is 10.5 Å². The van der Waals surface area contributed by atoms with Gasteiger partial charge in [0.15, 0.2) is 0 Å². The third kappa shape index (κ3) is 5.58. The molecule has 1 aliphatic rings. The quantitative estimate of drug-likeness (QED) is 0.806. The molecule has 0 spiro atoms. The van der Waals surface area contributed by atoms with E-state index in [1.54, 1.807) is 11.9 Å². The number of carboxylic acids is 1. The normalized spacial score (nSPS) is 14.9. The highest BCUT2D eigenvalue weighted by Gasteiger charge is 2.27. The predicted octanol–water partition coefficient (Wildman–Crippen LogP) is 1.96. The Hall–Kier alpha value is -2.37. The highest BCUT2D eigenvalue weighted by Crippen LogP contribution is 2.17. The fourth-order valence-corrected chi connectivity index (χ4v) is 3.15. The summed E-state index contributed by atoms with van der Waals surface area (Å²) in [4.78, 5) is 38.7. The summed E-state index contributed by atoms with van der Waals surface area (Å²) >= 11 is 0. The maximum atomic E-state index is 12.3. The summed E-state index contributed by atoms with van der Waals surface area (Å²) in [6.45, 7) is 3.04. The number of nitrogens with zero attached hydrogens (tertiary/aromatic N) is 2. The number of carbonyl (C=O) groups excluding carboxylic acids is 2. The van der Waals surface area contributed by atoms with E-state index in [0.29, 0.717) is 38.8 Å². The van der Waals surface area contributed by atoms with Crippen molar-refractivity contribution >= 4 is 17.8 Å². The molecule has 1 aromatic carbocycles. The smallest absolute Gasteiger partial charge is 0.306 e. The summed E-state index contributed by atoms with van der Waals surface area (Å²) in [6.07, 6.45) is 2.98. The molecular formula is C20H28N2O4. The van der Waals surface area contributed by atoms with Gasteiger partial charge in [0.2, 0.25) is 11.8 Å². The molecule has 0 aromatic heterocycles. The topological polar surface area (TPSA) is 77.9 Å². The summed E-state index contributed by atoms with van der Waals surface area (Å²) in [6, 6.07) is 8.25. The second-order valence-electron chi connectivity index (χ2n) is 6.91. The number of amides is 2. The highest BCUT2D eigenvalue weighted by molar-refractivity contribution is 5.85. The van der Waals surface area contributed by atoms with Crippen LogP contribution in [0, 0.1) is 5.92 Å². The highest BCUT2D eigenvalue weighted by atomic mass is 16.4. The van der Waals surface area contributed by atoms with Gasteiger partial charge in [-0.05, 0) is 36.8 Å². The van der Waals surface area contributed by atoms with Gasteiger partial charge in [0.05, 0.1) is 12.5 Å². The number of carbonyl (C=O) groups is 3. The zero-order chi connectivity index (χ0) is 19.1. The van der Waals surface area contributed by atoms with E-state index in [1.807, 2.05) is 12.1 Å². The Kier molecular flexibility index (Phi) is 7.18. The molecule has 0 atom stereocenters. The fraction of sp³-hybridized carbons (Fsp3) is 0.550. The molecule has 1 fully saturated rings. The van der Waals surface area contributed by atoms with Gasteiger partial charge < -0.3 is 14.9 Å². The number of likely N-dealkylation sites (tertiary alicyclic amines) is 1. The number of hydrogen-bond donors (Lipinski definition) is 1. The monoisotopic (exact) mass is 360 g/mol. The fourth-order valence-electron chi connectivity index (χ4n) is 3.15. The van der Waals surface area contributed by atoms with Gasteiger partial charge in [-0.1, -0.05) is 31.2 Å². The number of aryl methyl sites for hydroxylation is 2. The van der Waals surface area contributed by atoms with Crippen molar-refractivity contribution < 1.29 is 19.5 Å². The molecule has 2 amide bonds. The molecule has 26 heavy (non-hydrogen) atoms. The number of piperidine rings is 1. The van der Waals surface area contributed by atoms with Gasteiger partial charge in [-0.25, -0.2) is 0 Å². The third-order valence-corrected chi connectivity index (χ3v) is 5.05. The van der Waals surface area contributed by atoms with E-state index in [0.717, 1.165) is 12.0 Å². The number of aliphatic carboxylic acids is 1. The lowest BCUT2D eigenvalue weighted by molar-refractivity contribution is -0.146. The molecule has 0 aliphatic carbocycles. The molecule has 1 saturated heterocycles. The predicted molar refractivity (Wildman–Crippen MR) is 98.7 cm³/mol. The van der Waals surface area contributed by atoms with Gasteiger partial charge in [0.1, 0.15) is 0 Å². The van der Waals surface area contributed by atoms with Gasteiger partial charge in [-0.15, -0.1) is 0 Å². The Morgan fingerprint density at radius 1 is 1.12 bits per heavy atom. The first-order valence-corrected chi connectivity index (χ1v) is 9.23. The minimum atomic E-state index is -0.795. The van der Waals surface area contributed by atoms with Crippen molar-refractivity contribution in [3.8, 4) is 0 Å². The van der Waals surface area contributed by atoms with Crippen LogP contribution in [0.2, 0.25) is 0 Å². The molecule has 142 valence electrons. The maximum absolute atomic E-state index is 12.3. The van der Waals surface area contributed by atoms with Crippen molar-refractivity contribution in [1.29, 1.82) is 0 Å². The van der Waals surface area contributed by atoms with Crippen LogP contribution in [-0.2, 0) is 27.2 Å². The van der Waals surface area contributed by atoms with E-state index < -0.39 is 5.97 Å². The van der Waals surface area contributed by atoms with Crippen LogP contribution in [0.15, 0.2) is 24.3 Å². The molecule has 6 heteroatoms. The second-order valence-corrected chi connectivity index (χ2v) is 6.91. The summed E-state index contributed by atoms with van der Waals surface area (Å²) < 4.78 is 0. The molecule has 1 aromatic rings. The number of likely N-dealkylation sites (N-methyl/N-ethyl adjacent to an activating group) is 1. The standard InChI is InChI=1S/C20H28N2O4/c1-3-15-4-6-16(7-5-15)8-9-18(23)21(2)14-19(24)22-12-10-17(11-13-22)20(25)26/h4-7,17H,3,8-14H2,1-2H3,(H,25,26). The van der Waals surface area contributed by atoms with Crippen LogP contribution >= 0.6 is 0 Å². The molecule has 2 rings (SSSR count). The van der Waals surface area contributed by atoms with Crippen LogP contribution in [-0.4, -0.2) is 59.4 Å². The van der Waals surface area contributed by atoms with E-state index in [9.17, 15) is 14.4 Å². The van der Waals surface area contributed by atoms with Crippen LogP contribution < -0.4 is 0 Å². The summed E-state index contributed by atoms with van der Waals surface area (Å²) in [5.74, 6) is -1.33. The van der Waals surface area contributed by atoms with E-state index in [2.05, 4.69) is 19.1 Å². The molecule has 6 nitrogen and oxygen atoms in total. The average molecular weight is 360 g/mol. The van der Waals surface area contributed by atoms with Crippen molar-refractivity contribution in [2.75, 3.05) is 26.7 Å². The minimum Gasteiger partial charge on any atom is -0.481 e. The number of benzene rings is 1. The number of rotatable bonds is 7. The molecule has 1 N–H and O–H groups in total. The molecule has 0 unspecified atom stereocenters. The van der Waals surface area contributed by atoms with Gasteiger partial charge in [-0.2, -0.15) is 0 Å². The first kappa shape index (κ1) is 19.9. The van der Waals surface area contributed by atoms with Gasteiger partial charge in [0, 0.05) is 26.6 Å². The van der Waals surface area contributed by atoms with Gasteiger partial charge in [-0.3, -0.25) is 14.4 Å².